The predicted octanol–water partition coefficient (Wildman–Crippen LogP) is 3.33. The van der Waals surface area contributed by atoms with E-state index in [9.17, 15) is 9.59 Å². The van der Waals surface area contributed by atoms with E-state index in [2.05, 4.69) is 12.1 Å². The van der Waals surface area contributed by atoms with E-state index in [1.54, 1.807) is 0 Å². The summed E-state index contributed by atoms with van der Waals surface area (Å²) in [5, 5.41) is 0. The average Bonchev–Trinajstić information content (AvgIpc) is 2.56. The quantitative estimate of drug-likeness (QED) is 0.621. The van der Waals surface area contributed by atoms with Gasteiger partial charge in [-0.3, -0.25) is 9.59 Å². The first-order valence-corrected chi connectivity index (χ1v) is 8.26. The summed E-state index contributed by atoms with van der Waals surface area (Å²) in [7, 11) is 1.35. The van der Waals surface area contributed by atoms with Gasteiger partial charge in [0.1, 0.15) is 5.76 Å². The maximum atomic E-state index is 12.7. The number of hydrogen-bond acceptors (Lipinski definition) is 4. The number of benzene rings is 1. The van der Waals surface area contributed by atoms with Crippen LogP contribution in [0.25, 0.3) is 0 Å². The number of carbonyl (C=O) groups excluding carboxylic acids is 2. The van der Waals surface area contributed by atoms with Gasteiger partial charge in [-0.1, -0.05) is 30.3 Å². The van der Waals surface area contributed by atoms with E-state index >= 15 is 0 Å². The molecule has 1 fully saturated rings. The molecule has 4 heteroatoms. The third kappa shape index (κ3) is 1.90. The zero-order valence-electron chi connectivity index (χ0n) is 13.2. The maximum Gasteiger partial charge on any atom is 0.329 e. The molecule has 2 aliphatic carbocycles. The number of fused-ring (bicyclic) bond motifs is 2. The van der Waals surface area contributed by atoms with Crippen LogP contribution < -0.4 is 0 Å². The molecule has 4 rings (SSSR count). The van der Waals surface area contributed by atoms with Crippen molar-refractivity contribution in [2.24, 2.45) is 11.3 Å². The fourth-order valence-electron chi connectivity index (χ4n) is 4.56. The van der Waals surface area contributed by atoms with Crippen molar-refractivity contribution in [2.75, 3.05) is 7.11 Å². The van der Waals surface area contributed by atoms with Crippen LogP contribution in [-0.2, 0) is 19.1 Å². The number of carbonyl (C=O) groups is 2. The Morgan fingerprint density at radius 1 is 1.22 bits per heavy atom. The molecule has 120 valence electrons. The molecule has 0 unspecified atom stereocenters. The van der Waals surface area contributed by atoms with Gasteiger partial charge < -0.3 is 9.47 Å². The van der Waals surface area contributed by atoms with Gasteiger partial charge in [0.05, 0.1) is 7.11 Å². The highest BCUT2D eigenvalue weighted by Crippen LogP contribution is 2.64. The molecule has 3 aliphatic rings. The fourth-order valence-corrected chi connectivity index (χ4v) is 4.56. The van der Waals surface area contributed by atoms with Crippen LogP contribution in [0.5, 0.6) is 0 Å². The lowest BCUT2D eigenvalue weighted by Gasteiger charge is -2.55. The SMILES string of the molecule is COC(=O)[C@@]12C[C@H](c3ccccc3)[C@@H]1C1=C(CCCC1)OC2=O. The van der Waals surface area contributed by atoms with Crippen LogP contribution >= 0.6 is 0 Å². The minimum Gasteiger partial charge on any atom is -0.468 e. The van der Waals surface area contributed by atoms with Gasteiger partial charge in [0.2, 0.25) is 0 Å². The number of esters is 2. The summed E-state index contributed by atoms with van der Waals surface area (Å²) < 4.78 is 10.6. The van der Waals surface area contributed by atoms with Crippen molar-refractivity contribution in [3.63, 3.8) is 0 Å². The third-order valence-electron chi connectivity index (χ3n) is 5.67. The molecule has 1 saturated carbocycles. The molecule has 0 amide bonds. The molecule has 3 atom stereocenters. The first-order chi connectivity index (χ1) is 11.2. The Labute approximate surface area is 135 Å². The van der Waals surface area contributed by atoms with Gasteiger partial charge in [0, 0.05) is 12.3 Å². The lowest BCUT2D eigenvalue weighted by molar-refractivity contribution is -0.187. The standard InChI is InChI=1S/C19H20O4/c1-22-17(20)19-11-14(12-7-3-2-4-8-12)16(19)13-9-5-6-10-15(13)23-18(19)21/h2-4,7-8,14,16H,5-6,9-11H2,1H3/t14-,16+,19-/m1/s1. The van der Waals surface area contributed by atoms with Crippen molar-refractivity contribution < 1.29 is 19.1 Å². The number of ether oxygens (including phenoxy) is 2. The van der Waals surface area contributed by atoms with Crippen molar-refractivity contribution in [3.05, 3.63) is 47.2 Å². The van der Waals surface area contributed by atoms with Crippen molar-refractivity contribution in [1.82, 2.24) is 0 Å². The van der Waals surface area contributed by atoms with E-state index < -0.39 is 17.4 Å². The molecule has 1 heterocycles. The van der Waals surface area contributed by atoms with Crippen LogP contribution in [0.3, 0.4) is 0 Å². The Balaban J connectivity index is 1.81. The van der Waals surface area contributed by atoms with E-state index in [-0.39, 0.29) is 11.8 Å². The second kappa shape index (κ2) is 5.22. The monoisotopic (exact) mass is 312 g/mol. The Kier molecular flexibility index (Phi) is 3.29. The Hall–Kier alpha value is -2.10. The number of allylic oxidation sites excluding steroid dienone is 2. The molecule has 1 aliphatic heterocycles. The van der Waals surface area contributed by atoms with Crippen LogP contribution in [0, 0.1) is 11.3 Å². The van der Waals surface area contributed by atoms with Gasteiger partial charge >= 0.3 is 11.9 Å². The minimum atomic E-state index is -1.13. The summed E-state index contributed by atoms with van der Waals surface area (Å²) in [6.45, 7) is 0. The zero-order chi connectivity index (χ0) is 16.0. The lowest BCUT2D eigenvalue weighted by atomic mass is 9.48. The van der Waals surface area contributed by atoms with Gasteiger partial charge in [0.25, 0.3) is 0 Å². The average molecular weight is 312 g/mol. The van der Waals surface area contributed by atoms with Crippen LogP contribution in [0.2, 0.25) is 0 Å². The largest absolute Gasteiger partial charge is 0.468 e. The molecular formula is C19H20O4. The van der Waals surface area contributed by atoms with E-state index in [0.717, 1.165) is 31.4 Å². The van der Waals surface area contributed by atoms with Crippen LogP contribution in [0.4, 0.5) is 0 Å². The highest BCUT2D eigenvalue weighted by Gasteiger charge is 2.69. The predicted molar refractivity (Wildman–Crippen MR) is 83.3 cm³/mol. The van der Waals surface area contributed by atoms with E-state index in [4.69, 9.17) is 9.47 Å². The van der Waals surface area contributed by atoms with Gasteiger partial charge in [-0.05, 0) is 42.7 Å². The number of hydrogen-bond donors (Lipinski definition) is 0. The molecule has 0 spiro atoms. The molecule has 0 aromatic heterocycles. The first kappa shape index (κ1) is 14.5. The highest BCUT2D eigenvalue weighted by molar-refractivity contribution is 6.03. The van der Waals surface area contributed by atoms with Crippen LogP contribution in [0.1, 0.15) is 43.6 Å². The Bertz CT molecular complexity index is 691. The smallest absolute Gasteiger partial charge is 0.329 e. The van der Waals surface area contributed by atoms with E-state index in [1.807, 2.05) is 18.2 Å². The number of rotatable bonds is 2. The topological polar surface area (TPSA) is 52.6 Å². The summed E-state index contributed by atoms with van der Waals surface area (Å²) in [6.07, 6.45) is 4.32. The van der Waals surface area contributed by atoms with Crippen molar-refractivity contribution in [2.45, 2.75) is 38.0 Å². The normalized spacial score (nSPS) is 32.3. The molecule has 1 aromatic rings. The number of methoxy groups -OCH3 is 1. The van der Waals surface area contributed by atoms with Crippen molar-refractivity contribution in [3.8, 4) is 0 Å². The molecule has 4 nitrogen and oxygen atoms in total. The Morgan fingerprint density at radius 3 is 2.70 bits per heavy atom. The van der Waals surface area contributed by atoms with Gasteiger partial charge in [0.15, 0.2) is 5.41 Å². The molecular weight excluding hydrogens is 292 g/mol. The second-order valence-corrected chi connectivity index (χ2v) is 6.71. The molecule has 0 bridgehead atoms. The summed E-state index contributed by atoms with van der Waals surface area (Å²) in [5.74, 6) is 0.0329. The van der Waals surface area contributed by atoms with Crippen molar-refractivity contribution >= 4 is 11.9 Å². The van der Waals surface area contributed by atoms with Crippen LogP contribution in [0.15, 0.2) is 41.7 Å². The minimum absolute atomic E-state index is 0.103. The first-order valence-electron chi connectivity index (χ1n) is 8.26. The van der Waals surface area contributed by atoms with Gasteiger partial charge in [-0.15, -0.1) is 0 Å². The molecule has 1 aromatic carbocycles. The summed E-state index contributed by atoms with van der Waals surface area (Å²) >= 11 is 0. The lowest BCUT2D eigenvalue weighted by Crippen LogP contribution is -2.60. The van der Waals surface area contributed by atoms with E-state index in [0.29, 0.717) is 6.42 Å². The van der Waals surface area contributed by atoms with Crippen molar-refractivity contribution in [1.29, 1.82) is 0 Å². The summed E-state index contributed by atoms with van der Waals surface area (Å²) in [4.78, 5) is 25.1. The summed E-state index contributed by atoms with van der Waals surface area (Å²) in [6, 6.07) is 10.1. The fraction of sp³-hybridized carbons (Fsp3) is 0.474. The molecule has 0 saturated heterocycles. The molecule has 23 heavy (non-hydrogen) atoms. The summed E-state index contributed by atoms with van der Waals surface area (Å²) in [5.41, 5.74) is 1.22. The van der Waals surface area contributed by atoms with Gasteiger partial charge in [-0.25, -0.2) is 0 Å². The molecule has 0 N–H and O–H groups in total. The Morgan fingerprint density at radius 2 is 1.96 bits per heavy atom. The van der Waals surface area contributed by atoms with Crippen LogP contribution in [-0.4, -0.2) is 19.0 Å². The van der Waals surface area contributed by atoms with E-state index in [1.165, 1.54) is 18.2 Å². The van der Waals surface area contributed by atoms with Gasteiger partial charge in [-0.2, -0.15) is 0 Å². The molecule has 0 radical (unpaired) electrons. The maximum absolute atomic E-state index is 12.7. The highest BCUT2D eigenvalue weighted by atomic mass is 16.6. The third-order valence-corrected chi connectivity index (χ3v) is 5.67. The zero-order valence-corrected chi connectivity index (χ0v) is 13.2. The second-order valence-electron chi connectivity index (χ2n) is 6.71.